The molecule has 0 spiro atoms. The van der Waals surface area contributed by atoms with Crippen LogP contribution in [-0.4, -0.2) is 42.3 Å². The second kappa shape index (κ2) is 9.85. The van der Waals surface area contributed by atoms with Gasteiger partial charge >= 0.3 is 12.1 Å². The van der Waals surface area contributed by atoms with E-state index >= 15 is 0 Å². The largest absolute Gasteiger partial charge is 0.481 e. The molecular formula is C25H28N2O5. The van der Waals surface area contributed by atoms with Crippen molar-refractivity contribution < 1.29 is 24.2 Å². The Hall–Kier alpha value is -3.35. The molecule has 168 valence electrons. The first-order chi connectivity index (χ1) is 15.5. The van der Waals surface area contributed by atoms with E-state index in [1.54, 1.807) is 0 Å². The number of carbonyl (C=O) groups is 3. The molecule has 0 aliphatic heterocycles. The van der Waals surface area contributed by atoms with Crippen LogP contribution in [0.5, 0.6) is 0 Å². The molecule has 2 aromatic rings. The Morgan fingerprint density at radius 3 is 2.22 bits per heavy atom. The van der Waals surface area contributed by atoms with Gasteiger partial charge in [-0.3, -0.25) is 9.59 Å². The Morgan fingerprint density at radius 1 is 1.00 bits per heavy atom. The van der Waals surface area contributed by atoms with Gasteiger partial charge in [-0.2, -0.15) is 0 Å². The van der Waals surface area contributed by atoms with E-state index in [0.717, 1.165) is 35.1 Å². The van der Waals surface area contributed by atoms with Crippen molar-refractivity contribution in [2.45, 2.75) is 44.1 Å². The van der Waals surface area contributed by atoms with Crippen molar-refractivity contribution in [1.29, 1.82) is 0 Å². The topological polar surface area (TPSA) is 105 Å². The van der Waals surface area contributed by atoms with Crippen molar-refractivity contribution >= 4 is 18.0 Å². The number of carboxylic acid groups (broad SMARTS) is 1. The van der Waals surface area contributed by atoms with Crippen LogP contribution in [-0.2, 0) is 14.3 Å². The van der Waals surface area contributed by atoms with Gasteiger partial charge in [0.1, 0.15) is 12.6 Å². The lowest BCUT2D eigenvalue weighted by Crippen LogP contribution is -2.47. The van der Waals surface area contributed by atoms with Gasteiger partial charge in [-0.1, -0.05) is 61.4 Å². The Morgan fingerprint density at radius 2 is 1.62 bits per heavy atom. The molecule has 0 unspecified atom stereocenters. The van der Waals surface area contributed by atoms with Gasteiger partial charge in [0.25, 0.3) is 0 Å². The second-order valence-electron chi connectivity index (χ2n) is 8.49. The number of amides is 2. The van der Waals surface area contributed by atoms with Crippen molar-refractivity contribution in [3.8, 4) is 11.1 Å². The average Bonchev–Trinajstić information content (AvgIpc) is 3.55. The lowest BCUT2D eigenvalue weighted by molar-refractivity contribution is -0.137. The van der Waals surface area contributed by atoms with E-state index in [9.17, 15) is 14.4 Å². The number of hydrogen-bond donors (Lipinski definition) is 3. The zero-order valence-corrected chi connectivity index (χ0v) is 17.9. The standard InChI is InChI=1S/C25H28N2O5/c28-23(29)10-5-13-26-24(30)22(14-16-11-12-16)27-25(31)32-15-21-19-8-3-1-6-17(19)18-7-2-4-9-20(18)21/h1-4,6-9,16,21-22H,5,10-15H2,(H,26,30)(H,27,31)(H,28,29)/t22-/m0/s1. The van der Waals surface area contributed by atoms with Crippen LogP contribution in [0.4, 0.5) is 4.79 Å². The zero-order valence-electron chi connectivity index (χ0n) is 17.9. The van der Waals surface area contributed by atoms with E-state index in [-0.39, 0.29) is 31.4 Å². The second-order valence-corrected chi connectivity index (χ2v) is 8.49. The molecule has 3 N–H and O–H groups in total. The molecule has 0 bridgehead atoms. The molecule has 0 saturated heterocycles. The number of alkyl carbamates (subject to hydrolysis) is 1. The van der Waals surface area contributed by atoms with Gasteiger partial charge in [0.15, 0.2) is 0 Å². The Labute approximate surface area is 187 Å². The monoisotopic (exact) mass is 436 g/mol. The molecular weight excluding hydrogens is 408 g/mol. The molecule has 0 radical (unpaired) electrons. The summed E-state index contributed by atoms with van der Waals surface area (Å²) >= 11 is 0. The first kappa shape index (κ1) is 21.9. The first-order valence-corrected chi connectivity index (χ1v) is 11.1. The van der Waals surface area contributed by atoms with Crippen molar-refractivity contribution in [3.63, 3.8) is 0 Å². The molecule has 2 aromatic carbocycles. The summed E-state index contributed by atoms with van der Waals surface area (Å²) in [7, 11) is 0. The zero-order chi connectivity index (χ0) is 22.5. The predicted octanol–water partition coefficient (Wildman–Crippen LogP) is 3.67. The van der Waals surface area contributed by atoms with E-state index in [1.165, 1.54) is 0 Å². The summed E-state index contributed by atoms with van der Waals surface area (Å²) in [6.45, 7) is 0.453. The highest BCUT2D eigenvalue weighted by molar-refractivity contribution is 5.85. The normalized spacial score (nSPS) is 15.4. The molecule has 4 rings (SSSR count). The van der Waals surface area contributed by atoms with Crippen LogP contribution in [0.3, 0.4) is 0 Å². The predicted molar refractivity (Wildman–Crippen MR) is 119 cm³/mol. The third kappa shape index (κ3) is 5.28. The fraction of sp³-hybridized carbons (Fsp3) is 0.400. The maximum absolute atomic E-state index is 12.6. The van der Waals surface area contributed by atoms with Crippen LogP contribution in [0.15, 0.2) is 48.5 Å². The fourth-order valence-electron chi connectivity index (χ4n) is 4.28. The number of hydrogen-bond acceptors (Lipinski definition) is 4. The maximum Gasteiger partial charge on any atom is 0.407 e. The minimum atomic E-state index is -0.898. The molecule has 2 amide bonds. The quantitative estimate of drug-likeness (QED) is 0.493. The van der Waals surface area contributed by atoms with Gasteiger partial charge in [0.2, 0.25) is 5.91 Å². The Kier molecular flexibility index (Phi) is 6.73. The molecule has 1 fully saturated rings. The van der Waals surface area contributed by atoms with E-state index in [2.05, 4.69) is 34.9 Å². The van der Waals surface area contributed by atoms with Crippen molar-refractivity contribution in [3.05, 3.63) is 59.7 Å². The minimum absolute atomic E-state index is 0.00657. The lowest BCUT2D eigenvalue weighted by Gasteiger charge is -2.19. The van der Waals surface area contributed by atoms with Crippen molar-refractivity contribution in [2.75, 3.05) is 13.2 Å². The highest BCUT2D eigenvalue weighted by atomic mass is 16.5. The summed E-state index contributed by atoms with van der Waals surface area (Å²) in [4.78, 5) is 35.7. The summed E-state index contributed by atoms with van der Waals surface area (Å²) in [6.07, 6.45) is 2.40. The van der Waals surface area contributed by atoms with E-state index < -0.39 is 18.1 Å². The van der Waals surface area contributed by atoms with E-state index in [4.69, 9.17) is 9.84 Å². The average molecular weight is 437 g/mol. The fourth-order valence-corrected chi connectivity index (χ4v) is 4.28. The van der Waals surface area contributed by atoms with Gasteiger partial charge in [-0.05, 0) is 41.0 Å². The first-order valence-electron chi connectivity index (χ1n) is 11.1. The SMILES string of the molecule is O=C(O)CCCNC(=O)[C@H](CC1CC1)NC(=O)OCC1c2ccccc2-c2ccccc21. The molecule has 7 nitrogen and oxygen atoms in total. The molecule has 0 heterocycles. The van der Waals surface area contributed by atoms with Gasteiger partial charge in [-0.15, -0.1) is 0 Å². The van der Waals surface area contributed by atoms with Gasteiger partial charge in [0.05, 0.1) is 0 Å². The summed E-state index contributed by atoms with van der Waals surface area (Å²) in [6, 6.07) is 15.6. The van der Waals surface area contributed by atoms with Gasteiger partial charge in [0, 0.05) is 18.9 Å². The summed E-state index contributed by atoms with van der Waals surface area (Å²) < 4.78 is 5.57. The summed E-state index contributed by atoms with van der Waals surface area (Å²) in [5.74, 6) is -0.806. The summed E-state index contributed by atoms with van der Waals surface area (Å²) in [5, 5.41) is 14.2. The van der Waals surface area contributed by atoms with E-state index in [0.29, 0.717) is 18.8 Å². The highest BCUT2D eigenvalue weighted by Gasteiger charge is 2.32. The third-order valence-electron chi connectivity index (χ3n) is 6.08. The molecule has 1 saturated carbocycles. The number of aliphatic carboxylic acids is 1. The molecule has 0 aromatic heterocycles. The van der Waals surface area contributed by atoms with Crippen molar-refractivity contribution in [2.24, 2.45) is 5.92 Å². The molecule has 2 aliphatic carbocycles. The molecule has 1 atom stereocenters. The Balaban J connectivity index is 1.34. The number of rotatable bonds is 10. The number of nitrogens with one attached hydrogen (secondary N) is 2. The molecule has 7 heteroatoms. The maximum atomic E-state index is 12.6. The van der Waals surface area contributed by atoms with Gasteiger partial charge < -0.3 is 20.5 Å². The minimum Gasteiger partial charge on any atom is -0.481 e. The van der Waals surface area contributed by atoms with Crippen molar-refractivity contribution in [1.82, 2.24) is 10.6 Å². The van der Waals surface area contributed by atoms with Crippen LogP contribution < -0.4 is 10.6 Å². The smallest absolute Gasteiger partial charge is 0.407 e. The molecule has 32 heavy (non-hydrogen) atoms. The number of benzene rings is 2. The van der Waals surface area contributed by atoms with Gasteiger partial charge in [-0.25, -0.2) is 4.79 Å². The highest BCUT2D eigenvalue weighted by Crippen LogP contribution is 2.44. The molecule has 2 aliphatic rings. The number of ether oxygens (including phenoxy) is 1. The van der Waals surface area contributed by atoms with Crippen LogP contribution >= 0.6 is 0 Å². The van der Waals surface area contributed by atoms with E-state index in [1.807, 2.05) is 24.3 Å². The number of fused-ring (bicyclic) bond motifs is 3. The van der Waals surface area contributed by atoms with Crippen LogP contribution in [0.2, 0.25) is 0 Å². The Bertz CT molecular complexity index is 956. The lowest BCUT2D eigenvalue weighted by atomic mass is 9.98. The number of carbonyl (C=O) groups excluding carboxylic acids is 2. The summed E-state index contributed by atoms with van der Waals surface area (Å²) in [5.41, 5.74) is 4.58. The number of carboxylic acids is 1. The van der Waals surface area contributed by atoms with Crippen LogP contribution in [0, 0.1) is 5.92 Å². The van der Waals surface area contributed by atoms with Crippen LogP contribution in [0.1, 0.15) is 49.1 Å². The third-order valence-corrected chi connectivity index (χ3v) is 6.08. The van der Waals surface area contributed by atoms with Crippen LogP contribution in [0.25, 0.3) is 11.1 Å².